The fraction of sp³-hybridized carbons (Fsp3) is 0.562. The highest BCUT2D eigenvalue weighted by molar-refractivity contribution is 7.17. The quantitative estimate of drug-likeness (QED) is 0.783. The Labute approximate surface area is 150 Å². The average Bonchev–Trinajstić information content (AvgIpc) is 3.12. The lowest BCUT2D eigenvalue weighted by atomic mass is 9.96. The lowest BCUT2D eigenvalue weighted by Crippen LogP contribution is -2.14. The number of carbonyl (C=O) groups is 2. The zero-order valence-corrected chi connectivity index (χ0v) is 15.8. The molecule has 0 saturated carbocycles. The maximum atomic E-state index is 12.1. The van der Waals surface area contributed by atoms with E-state index in [-0.39, 0.29) is 17.7 Å². The van der Waals surface area contributed by atoms with Crippen molar-refractivity contribution in [3.63, 3.8) is 0 Å². The first kappa shape index (κ1) is 19.0. The van der Waals surface area contributed by atoms with Crippen LogP contribution in [-0.2, 0) is 21.4 Å². The molecule has 9 heteroatoms. The molecule has 8 nitrogen and oxygen atoms in total. The summed E-state index contributed by atoms with van der Waals surface area (Å²) >= 11 is 1.10. The lowest BCUT2D eigenvalue weighted by molar-refractivity contribution is -0.116. The normalized spacial score (nSPS) is 11.4. The van der Waals surface area contributed by atoms with Gasteiger partial charge in [0.1, 0.15) is 4.88 Å². The molecule has 25 heavy (non-hydrogen) atoms. The molecule has 136 valence electrons. The minimum Gasteiger partial charge on any atom is -0.462 e. The standard InChI is InChI=1S/C16H22N4O4S/c1-6-23-13(22)12-9(2)17-15(25-12)18-10(21)7-8-11-19-14(20-24-11)16(3,4)5/h6-8H2,1-5H3,(H,17,18,21). The van der Waals surface area contributed by atoms with Crippen molar-refractivity contribution in [2.45, 2.75) is 52.9 Å². The van der Waals surface area contributed by atoms with Crippen LogP contribution in [0.5, 0.6) is 0 Å². The minimum absolute atomic E-state index is 0.180. The molecule has 2 rings (SSSR count). The Morgan fingerprint density at radius 1 is 1.28 bits per heavy atom. The summed E-state index contributed by atoms with van der Waals surface area (Å²) < 4.78 is 10.1. The van der Waals surface area contributed by atoms with Gasteiger partial charge in [0.25, 0.3) is 0 Å². The molecule has 0 radical (unpaired) electrons. The van der Waals surface area contributed by atoms with Crippen LogP contribution in [0.15, 0.2) is 4.52 Å². The van der Waals surface area contributed by atoms with E-state index in [0.29, 0.717) is 40.4 Å². The number of hydrogen-bond donors (Lipinski definition) is 1. The first-order valence-corrected chi connectivity index (χ1v) is 8.79. The predicted molar refractivity (Wildman–Crippen MR) is 92.8 cm³/mol. The number of nitrogens with zero attached hydrogens (tertiary/aromatic N) is 3. The summed E-state index contributed by atoms with van der Waals surface area (Å²) in [7, 11) is 0. The van der Waals surface area contributed by atoms with E-state index in [0.717, 1.165) is 11.3 Å². The molecular formula is C16H22N4O4S. The van der Waals surface area contributed by atoms with Crippen LogP contribution < -0.4 is 5.32 Å². The molecule has 0 spiro atoms. The Kier molecular flexibility index (Phi) is 5.89. The molecule has 0 aliphatic rings. The molecule has 1 N–H and O–H groups in total. The summed E-state index contributed by atoms with van der Waals surface area (Å²) in [4.78, 5) is 32.7. The van der Waals surface area contributed by atoms with E-state index >= 15 is 0 Å². The number of thiazole rings is 1. The van der Waals surface area contributed by atoms with E-state index in [9.17, 15) is 9.59 Å². The molecule has 0 bridgehead atoms. The van der Waals surface area contributed by atoms with Gasteiger partial charge < -0.3 is 14.6 Å². The molecular weight excluding hydrogens is 344 g/mol. The first-order valence-electron chi connectivity index (χ1n) is 7.98. The third-order valence-corrected chi connectivity index (χ3v) is 4.26. The second kappa shape index (κ2) is 7.73. The number of rotatable bonds is 6. The van der Waals surface area contributed by atoms with Gasteiger partial charge in [-0.15, -0.1) is 0 Å². The highest BCUT2D eigenvalue weighted by Gasteiger charge is 2.21. The lowest BCUT2D eigenvalue weighted by Gasteiger charge is -2.10. The van der Waals surface area contributed by atoms with Crippen molar-refractivity contribution in [3.05, 3.63) is 22.3 Å². The van der Waals surface area contributed by atoms with Crippen molar-refractivity contribution in [2.24, 2.45) is 0 Å². The van der Waals surface area contributed by atoms with E-state index in [1.807, 2.05) is 20.8 Å². The Morgan fingerprint density at radius 2 is 2.00 bits per heavy atom. The van der Waals surface area contributed by atoms with Crippen LogP contribution in [0.2, 0.25) is 0 Å². The number of anilines is 1. The van der Waals surface area contributed by atoms with Crippen molar-refractivity contribution in [2.75, 3.05) is 11.9 Å². The van der Waals surface area contributed by atoms with Crippen LogP contribution in [-0.4, -0.2) is 33.6 Å². The molecule has 0 aromatic carbocycles. The predicted octanol–water partition coefficient (Wildman–Crippen LogP) is 2.88. The average molecular weight is 366 g/mol. The molecule has 0 aliphatic carbocycles. The molecule has 0 aliphatic heterocycles. The van der Waals surface area contributed by atoms with Crippen molar-refractivity contribution in [1.82, 2.24) is 15.1 Å². The number of aryl methyl sites for hydroxylation is 2. The van der Waals surface area contributed by atoms with Gasteiger partial charge in [-0.25, -0.2) is 9.78 Å². The van der Waals surface area contributed by atoms with Gasteiger partial charge in [0, 0.05) is 18.3 Å². The maximum Gasteiger partial charge on any atom is 0.350 e. The molecule has 2 heterocycles. The van der Waals surface area contributed by atoms with Crippen LogP contribution in [0.25, 0.3) is 0 Å². The summed E-state index contributed by atoms with van der Waals surface area (Å²) in [6.07, 6.45) is 0.517. The van der Waals surface area contributed by atoms with Crippen LogP contribution in [0, 0.1) is 6.92 Å². The zero-order chi connectivity index (χ0) is 18.6. The van der Waals surface area contributed by atoms with Crippen molar-refractivity contribution < 1.29 is 18.8 Å². The summed E-state index contributed by atoms with van der Waals surface area (Å²) in [5, 5.41) is 6.97. The smallest absolute Gasteiger partial charge is 0.350 e. The number of amides is 1. The van der Waals surface area contributed by atoms with Crippen LogP contribution in [0.3, 0.4) is 0 Å². The number of aromatic nitrogens is 3. The second-order valence-electron chi connectivity index (χ2n) is 6.46. The maximum absolute atomic E-state index is 12.1. The first-order chi connectivity index (χ1) is 11.7. The van der Waals surface area contributed by atoms with Crippen molar-refractivity contribution >= 4 is 28.3 Å². The van der Waals surface area contributed by atoms with Gasteiger partial charge in [0.05, 0.1) is 12.3 Å². The van der Waals surface area contributed by atoms with E-state index in [1.165, 1.54) is 0 Å². The van der Waals surface area contributed by atoms with Gasteiger partial charge in [0.2, 0.25) is 11.8 Å². The summed E-state index contributed by atoms with van der Waals surface area (Å²) in [6.45, 7) is 9.68. The molecule has 2 aromatic heterocycles. The second-order valence-corrected chi connectivity index (χ2v) is 7.46. The largest absolute Gasteiger partial charge is 0.462 e. The highest BCUT2D eigenvalue weighted by Crippen LogP contribution is 2.24. The van der Waals surface area contributed by atoms with Gasteiger partial charge in [-0.3, -0.25) is 4.79 Å². The van der Waals surface area contributed by atoms with Crippen LogP contribution in [0.4, 0.5) is 5.13 Å². The van der Waals surface area contributed by atoms with Crippen LogP contribution in [0.1, 0.15) is 61.2 Å². The molecule has 0 unspecified atom stereocenters. The Morgan fingerprint density at radius 3 is 2.60 bits per heavy atom. The van der Waals surface area contributed by atoms with Crippen LogP contribution >= 0.6 is 11.3 Å². The van der Waals surface area contributed by atoms with Crippen molar-refractivity contribution in [3.8, 4) is 0 Å². The molecule has 0 atom stereocenters. The van der Waals surface area contributed by atoms with E-state index in [1.54, 1.807) is 13.8 Å². The highest BCUT2D eigenvalue weighted by atomic mass is 32.1. The Balaban J connectivity index is 1.91. The fourth-order valence-corrected chi connectivity index (χ4v) is 2.78. The van der Waals surface area contributed by atoms with E-state index < -0.39 is 5.97 Å². The number of carbonyl (C=O) groups excluding carboxylic acids is 2. The minimum atomic E-state index is -0.432. The van der Waals surface area contributed by atoms with Gasteiger partial charge >= 0.3 is 5.97 Å². The van der Waals surface area contributed by atoms with Gasteiger partial charge in [-0.1, -0.05) is 37.3 Å². The Hall–Kier alpha value is -2.29. The third kappa shape index (κ3) is 5.09. The topological polar surface area (TPSA) is 107 Å². The monoisotopic (exact) mass is 366 g/mol. The van der Waals surface area contributed by atoms with Gasteiger partial charge in [0.15, 0.2) is 11.0 Å². The third-order valence-electron chi connectivity index (χ3n) is 3.21. The molecule has 0 saturated heterocycles. The van der Waals surface area contributed by atoms with E-state index in [2.05, 4.69) is 20.4 Å². The number of ether oxygens (including phenoxy) is 1. The molecule has 1 amide bonds. The van der Waals surface area contributed by atoms with Gasteiger partial charge in [-0.05, 0) is 13.8 Å². The number of hydrogen-bond acceptors (Lipinski definition) is 8. The summed E-state index contributed by atoms with van der Waals surface area (Å²) in [5.41, 5.74) is 0.330. The molecule has 2 aromatic rings. The van der Waals surface area contributed by atoms with Gasteiger partial charge in [-0.2, -0.15) is 4.98 Å². The van der Waals surface area contributed by atoms with Crippen molar-refractivity contribution in [1.29, 1.82) is 0 Å². The molecule has 0 fully saturated rings. The zero-order valence-electron chi connectivity index (χ0n) is 15.0. The summed E-state index contributed by atoms with van der Waals surface area (Å²) in [5.74, 6) is 0.360. The van der Waals surface area contributed by atoms with E-state index in [4.69, 9.17) is 9.26 Å². The number of esters is 1. The fourth-order valence-electron chi connectivity index (χ4n) is 1.90. The Bertz CT molecular complexity index is 761. The SMILES string of the molecule is CCOC(=O)c1sc(NC(=O)CCc2nc(C(C)(C)C)no2)nc1C. The number of nitrogens with one attached hydrogen (secondary N) is 1. The summed E-state index contributed by atoms with van der Waals surface area (Å²) in [6, 6.07) is 0.